The van der Waals surface area contributed by atoms with Crippen LogP contribution in [0.4, 0.5) is 4.79 Å². The molecule has 1 amide bonds. The minimum absolute atomic E-state index is 0.0301. The zero-order valence-electron chi connectivity index (χ0n) is 22.0. The highest BCUT2D eigenvalue weighted by Gasteiger charge is 2.39. The maximum absolute atomic E-state index is 13.9. The first kappa shape index (κ1) is 25.1. The van der Waals surface area contributed by atoms with E-state index >= 15 is 0 Å². The van der Waals surface area contributed by atoms with E-state index in [1.54, 1.807) is 22.9 Å². The van der Waals surface area contributed by atoms with Crippen LogP contribution in [0.1, 0.15) is 41.8 Å². The van der Waals surface area contributed by atoms with Gasteiger partial charge >= 0.3 is 6.09 Å². The number of hydrogen-bond acceptors (Lipinski definition) is 6. The van der Waals surface area contributed by atoms with Crippen molar-refractivity contribution in [3.05, 3.63) is 99.1 Å². The number of nitrogens with zero attached hydrogens (tertiary/aromatic N) is 3. The van der Waals surface area contributed by atoms with E-state index in [2.05, 4.69) is 34.9 Å². The first-order valence-electron chi connectivity index (χ1n) is 13.9. The van der Waals surface area contributed by atoms with Gasteiger partial charge in [-0.2, -0.15) is 0 Å². The van der Waals surface area contributed by atoms with Crippen LogP contribution < -0.4 is 21.2 Å². The van der Waals surface area contributed by atoms with Crippen LogP contribution in [0.15, 0.2) is 71.5 Å². The molecule has 1 saturated heterocycles. The first-order valence-corrected chi connectivity index (χ1v) is 14.3. The highest BCUT2D eigenvalue weighted by Crippen LogP contribution is 2.45. The number of rotatable bonds is 6. The Bertz CT molecular complexity index is 1620. The molecule has 2 aliphatic carbocycles. The van der Waals surface area contributed by atoms with Crippen molar-refractivity contribution in [2.45, 2.75) is 24.8 Å². The quantitative estimate of drug-likeness (QED) is 0.362. The van der Waals surface area contributed by atoms with Gasteiger partial charge in [-0.15, -0.1) is 0 Å². The topological polar surface area (TPSA) is 88.5 Å². The molecular formula is C31H30ClN5O3. The largest absolute Gasteiger partial charge is 0.449 e. The third-order valence-corrected chi connectivity index (χ3v) is 8.53. The summed E-state index contributed by atoms with van der Waals surface area (Å²) in [5, 5.41) is 9.19. The summed E-state index contributed by atoms with van der Waals surface area (Å²) in [6, 6.07) is 21.4. The molecule has 1 saturated carbocycles. The van der Waals surface area contributed by atoms with Crippen LogP contribution in [0.25, 0.3) is 22.0 Å². The van der Waals surface area contributed by atoms with Gasteiger partial charge in [0, 0.05) is 32.1 Å². The second-order valence-electron chi connectivity index (χ2n) is 10.7. The molecule has 1 atom stereocenters. The fourth-order valence-electron chi connectivity index (χ4n) is 6.12. The Kier molecular flexibility index (Phi) is 6.44. The highest BCUT2D eigenvalue weighted by atomic mass is 35.5. The van der Waals surface area contributed by atoms with Gasteiger partial charge in [-0.25, -0.2) is 14.5 Å². The molecule has 8 nitrogen and oxygen atoms in total. The molecule has 204 valence electrons. The fraction of sp³-hybridized carbons (Fsp3) is 0.323. The number of nitrogens with one attached hydrogen (secondary N) is 2. The Labute approximate surface area is 236 Å². The van der Waals surface area contributed by atoms with Crippen molar-refractivity contribution in [1.29, 1.82) is 0 Å². The van der Waals surface area contributed by atoms with Crippen LogP contribution in [0.5, 0.6) is 0 Å². The third kappa shape index (κ3) is 4.41. The lowest BCUT2D eigenvalue weighted by Gasteiger charge is -2.34. The Balaban J connectivity index is 1.19. The van der Waals surface area contributed by atoms with E-state index in [0.29, 0.717) is 34.8 Å². The number of benzene rings is 3. The molecule has 1 aliphatic heterocycles. The van der Waals surface area contributed by atoms with Gasteiger partial charge in [0.15, 0.2) is 5.82 Å². The summed E-state index contributed by atoms with van der Waals surface area (Å²) in [5.41, 5.74) is 5.00. The van der Waals surface area contributed by atoms with Crippen molar-refractivity contribution >= 4 is 28.6 Å². The summed E-state index contributed by atoms with van der Waals surface area (Å²) >= 11 is 6.47. The zero-order valence-corrected chi connectivity index (χ0v) is 22.7. The number of fused-ring (bicyclic) bond motifs is 4. The molecule has 0 bridgehead atoms. The maximum atomic E-state index is 13.9. The summed E-state index contributed by atoms with van der Waals surface area (Å²) in [4.78, 5) is 32.1. The number of carbonyl (C=O) groups is 1. The van der Waals surface area contributed by atoms with Crippen LogP contribution in [-0.4, -0.2) is 48.5 Å². The van der Waals surface area contributed by atoms with E-state index in [4.69, 9.17) is 21.3 Å². The van der Waals surface area contributed by atoms with E-state index in [9.17, 15) is 9.59 Å². The summed E-state index contributed by atoms with van der Waals surface area (Å²) in [6.07, 6.45) is 1.38. The average molecular weight is 556 g/mol. The van der Waals surface area contributed by atoms with Gasteiger partial charge in [0.05, 0.1) is 22.0 Å². The molecule has 2 N–H and O–H groups in total. The van der Waals surface area contributed by atoms with Crippen molar-refractivity contribution in [3.63, 3.8) is 0 Å². The fourth-order valence-corrected chi connectivity index (χ4v) is 6.37. The van der Waals surface area contributed by atoms with Gasteiger partial charge < -0.3 is 20.4 Å². The van der Waals surface area contributed by atoms with Crippen molar-refractivity contribution in [1.82, 2.24) is 20.3 Å². The molecule has 3 aromatic carbocycles. The van der Waals surface area contributed by atoms with E-state index in [1.165, 1.54) is 11.1 Å². The van der Waals surface area contributed by atoms with Crippen LogP contribution in [0, 0.1) is 5.92 Å². The average Bonchev–Trinajstić information content (AvgIpc) is 3.77. The number of piperazine rings is 1. The number of ether oxygens (including phenoxy) is 1. The molecule has 0 spiro atoms. The molecule has 2 fully saturated rings. The maximum Gasteiger partial charge on any atom is 0.407 e. The molecule has 0 unspecified atom stereocenters. The monoisotopic (exact) mass is 555 g/mol. The van der Waals surface area contributed by atoms with Crippen molar-refractivity contribution in [3.8, 4) is 11.1 Å². The number of alkyl carbamates (subject to hydrolysis) is 1. The van der Waals surface area contributed by atoms with Crippen molar-refractivity contribution in [2.24, 2.45) is 5.92 Å². The Morgan fingerprint density at radius 3 is 2.35 bits per heavy atom. The molecule has 7 rings (SSSR count). The normalized spacial score (nSPS) is 17.4. The van der Waals surface area contributed by atoms with Crippen molar-refractivity contribution in [2.75, 3.05) is 37.8 Å². The molecular weight excluding hydrogens is 526 g/mol. The number of aromatic nitrogens is 2. The molecule has 2 heterocycles. The molecule has 9 heteroatoms. The molecule has 1 aromatic heterocycles. The first-order chi connectivity index (χ1) is 19.6. The number of hydrogen-bond donors (Lipinski definition) is 2. The summed E-state index contributed by atoms with van der Waals surface area (Å²) in [5.74, 6) is 0.674. The second-order valence-corrected chi connectivity index (χ2v) is 11.1. The lowest BCUT2D eigenvalue weighted by molar-refractivity contribution is 0.136. The van der Waals surface area contributed by atoms with E-state index in [-0.39, 0.29) is 24.0 Å². The van der Waals surface area contributed by atoms with Crippen LogP contribution >= 0.6 is 11.6 Å². The predicted octanol–water partition coefficient (Wildman–Crippen LogP) is 4.58. The minimum atomic E-state index is -0.508. The van der Waals surface area contributed by atoms with Gasteiger partial charge in [0.2, 0.25) is 0 Å². The molecule has 0 radical (unpaired) electrons. The van der Waals surface area contributed by atoms with Crippen LogP contribution in [0.3, 0.4) is 0 Å². The molecule has 40 heavy (non-hydrogen) atoms. The van der Waals surface area contributed by atoms with E-state index in [0.717, 1.165) is 37.1 Å². The smallest absolute Gasteiger partial charge is 0.407 e. The zero-order chi connectivity index (χ0) is 27.2. The SMILES string of the molecule is O=C(N[C@H](c1nc2cccc(Cl)c2c(=O)n1N1CCNCC1)C1CC1)OCC1c2ccccc2-c2ccccc21. The highest BCUT2D eigenvalue weighted by molar-refractivity contribution is 6.35. The third-order valence-electron chi connectivity index (χ3n) is 8.21. The van der Waals surface area contributed by atoms with Gasteiger partial charge in [-0.05, 0) is 53.1 Å². The standard InChI is InChI=1S/C31H30ClN5O3/c32-25-10-5-11-26-27(25)30(38)37(36-16-14-33-15-17-36)29(34-26)28(19-12-13-19)35-31(39)40-18-24-22-8-3-1-6-20(22)21-7-2-4-9-23(21)24/h1-11,19,24,28,33H,12-18H2,(H,35,39)/t28-/m0/s1. The van der Waals surface area contributed by atoms with Gasteiger partial charge in [0.25, 0.3) is 5.56 Å². The Morgan fingerprint density at radius 2 is 1.68 bits per heavy atom. The summed E-state index contributed by atoms with van der Waals surface area (Å²) in [7, 11) is 0. The molecule has 4 aromatic rings. The van der Waals surface area contributed by atoms with Crippen molar-refractivity contribution < 1.29 is 9.53 Å². The van der Waals surface area contributed by atoms with E-state index < -0.39 is 12.1 Å². The summed E-state index contributed by atoms with van der Waals surface area (Å²) < 4.78 is 7.52. The van der Waals surface area contributed by atoms with Gasteiger partial charge in [0.1, 0.15) is 6.61 Å². The Hall–Kier alpha value is -3.88. The minimum Gasteiger partial charge on any atom is -0.449 e. The number of halogens is 1. The predicted molar refractivity (Wildman–Crippen MR) is 156 cm³/mol. The second kappa shape index (κ2) is 10.3. The lowest BCUT2D eigenvalue weighted by atomic mass is 9.98. The van der Waals surface area contributed by atoms with E-state index in [1.807, 2.05) is 29.3 Å². The van der Waals surface area contributed by atoms with Gasteiger partial charge in [-0.1, -0.05) is 66.2 Å². The molecule has 3 aliphatic rings. The van der Waals surface area contributed by atoms with Crippen LogP contribution in [-0.2, 0) is 4.74 Å². The number of carbonyl (C=O) groups excluding carboxylic acids is 1. The summed E-state index contributed by atoms with van der Waals surface area (Å²) in [6.45, 7) is 3.02. The number of amides is 1. The van der Waals surface area contributed by atoms with Crippen LogP contribution in [0.2, 0.25) is 5.02 Å². The van der Waals surface area contributed by atoms with Gasteiger partial charge in [-0.3, -0.25) is 4.79 Å². The lowest BCUT2D eigenvalue weighted by Crippen LogP contribution is -2.54. The Morgan fingerprint density at radius 1 is 1.00 bits per heavy atom.